The van der Waals surface area contributed by atoms with Crippen LogP contribution in [0.15, 0.2) is 24.3 Å². The van der Waals surface area contributed by atoms with Crippen molar-refractivity contribution in [3.8, 4) is 0 Å². The molecule has 3 N–H and O–H groups in total. The Labute approximate surface area is 77.9 Å². The minimum absolute atomic E-state index is 0.332. The number of hydrogen-bond donors (Lipinski definition) is 2. The minimum Gasteiger partial charge on any atom is -0.374 e. The monoisotopic (exact) mass is 178 g/mol. The third-order valence-corrected chi connectivity index (χ3v) is 1.83. The molecule has 70 valence electrons. The molecule has 1 unspecified atom stereocenters. The molecule has 0 bridgehead atoms. The van der Waals surface area contributed by atoms with Crippen LogP contribution in [-0.4, -0.2) is 11.9 Å². The Morgan fingerprint density at radius 2 is 2.23 bits per heavy atom. The lowest BCUT2D eigenvalue weighted by Crippen LogP contribution is -2.32. The van der Waals surface area contributed by atoms with Crippen molar-refractivity contribution in [3.63, 3.8) is 0 Å². The quantitative estimate of drug-likeness (QED) is 0.732. The van der Waals surface area contributed by atoms with Crippen molar-refractivity contribution in [2.75, 3.05) is 5.32 Å². The zero-order valence-electron chi connectivity index (χ0n) is 7.87. The average molecular weight is 178 g/mol. The summed E-state index contributed by atoms with van der Waals surface area (Å²) in [5.41, 5.74) is 7.20. The summed E-state index contributed by atoms with van der Waals surface area (Å²) in [6.07, 6.45) is 0. The van der Waals surface area contributed by atoms with Gasteiger partial charge in [-0.2, -0.15) is 0 Å². The number of nitrogens with two attached hydrogens (primary N) is 1. The number of nitrogens with one attached hydrogen (secondary N) is 1. The molecular weight excluding hydrogens is 164 g/mol. The Hall–Kier alpha value is -1.51. The van der Waals surface area contributed by atoms with Crippen molar-refractivity contribution < 1.29 is 4.79 Å². The van der Waals surface area contributed by atoms with Gasteiger partial charge in [-0.05, 0) is 31.5 Å². The van der Waals surface area contributed by atoms with Crippen molar-refractivity contribution in [2.24, 2.45) is 5.73 Å². The number of anilines is 1. The van der Waals surface area contributed by atoms with E-state index in [0.29, 0.717) is 0 Å². The normalized spacial score (nSPS) is 12.2. The molecule has 0 saturated heterocycles. The maximum Gasteiger partial charge on any atom is 0.239 e. The van der Waals surface area contributed by atoms with Crippen LogP contribution in [0.1, 0.15) is 12.5 Å². The summed E-state index contributed by atoms with van der Waals surface area (Å²) < 4.78 is 0. The van der Waals surface area contributed by atoms with E-state index in [1.54, 1.807) is 6.92 Å². The van der Waals surface area contributed by atoms with E-state index in [9.17, 15) is 4.79 Å². The second-order valence-corrected chi connectivity index (χ2v) is 3.14. The molecule has 1 aromatic rings. The van der Waals surface area contributed by atoms with E-state index in [0.717, 1.165) is 11.3 Å². The van der Waals surface area contributed by atoms with Gasteiger partial charge in [-0.15, -0.1) is 0 Å². The van der Waals surface area contributed by atoms with Crippen molar-refractivity contribution in [1.82, 2.24) is 0 Å². The van der Waals surface area contributed by atoms with Crippen LogP contribution in [0.2, 0.25) is 0 Å². The van der Waals surface area contributed by atoms with E-state index < -0.39 is 0 Å². The van der Waals surface area contributed by atoms with Crippen LogP contribution in [0.25, 0.3) is 0 Å². The molecule has 0 saturated carbocycles. The Morgan fingerprint density at radius 1 is 1.54 bits per heavy atom. The molecule has 0 fully saturated rings. The Kier molecular flexibility index (Phi) is 2.90. The predicted molar refractivity (Wildman–Crippen MR) is 53.5 cm³/mol. The fourth-order valence-corrected chi connectivity index (χ4v) is 1.06. The van der Waals surface area contributed by atoms with E-state index in [-0.39, 0.29) is 11.9 Å². The smallest absolute Gasteiger partial charge is 0.239 e. The first kappa shape index (κ1) is 9.58. The summed E-state index contributed by atoms with van der Waals surface area (Å²) in [5.74, 6) is -0.346. The van der Waals surface area contributed by atoms with Gasteiger partial charge in [0.2, 0.25) is 5.91 Å². The van der Waals surface area contributed by atoms with Crippen LogP contribution in [0, 0.1) is 6.92 Å². The third kappa shape index (κ3) is 2.78. The molecule has 1 atom stereocenters. The second-order valence-electron chi connectivity index (χ2n) is 3.14. The third-order valence-electron chi connectivity index (χ3n) is 1.83. The largest absolute Gasteiger partial charge is 0.374 e. The average Bonchev–Trinajstić information content (AvgIpc) is 2.04. The Morgan fingerprint density at radius 3 is 2.77 bits per heavy atom. The van der Waals surface area contributed by atoms with Gasteiger partial charge in [0.1, 0.15) is 6.04 Å². The van der Waals surface area contributed by atoms with Gasteiger partial charge in [-0.25, -0.2) is 0 Å². The molecule has 3 heteroatoms. The number of carbonyl (C=O) groups is 1. The van der Waals surface area contributed by atoms with Crippen LogP contribution in [0.4, 0.5) is 5.69 Å². The number of rotatable bonds is 3. The number of hydrogen-bond acceptors (Lipinski definition) is 2. The zero-order valence-corrected chi connectivity index (χ0v) is 7.87. The van der Waals surface area contributed by atoms with Gasteiger partial charge in [-0.1, -0.05) is 12.1 Å². The first-order valence-corrected chi connectivity index (χ1v) is 4.22. The molecule has 0 aliphatic rings. The van der Waals surface area contributed by atoms with Gasteiger partial charge in [0.05, 0.1) is 0 Å². The van der Waals surface area contributed by atoms with E-state index >= 15 is 0 Å². The Bertz CT molecular complexity index is 310. The van der Waals surface area contributed by atoms with E-state index in [1.807, 2.05) is 31.2 Å². The first-order chi connectivity index (χ1) is 6.09. The molecule has 0 aliphatic carbocycles. The number of carbonyl (C=O) groups excluding carboxylic acids is 1. The lowest BCUT2D eigenvalue weighted by atomic mass is 10.2. The summed E-state index contributed by atoms with van der Waals surface area (Å²) in [5, 5.41) is 3.01. The highest BCUT2D eigenvalue weighted by atomic mass is 16.1. The molecule has 0 heterocycles. The van der Waals surface area contributed by atoms with E-state index in [1.165, 1.54) is 0 Å². The van der Waals surface area contributed by atoms with Crippen molar-refractivity contribution in [3.05, 3.63) is 29.8 Å². The zero-order chi connectivity index (χ0) is 9.84. The molecular formula is C10H14N2O. The molecule has 1 rings (SSSR count). The van der Waals surface area contributed by atoms with Crippen LogP contribution < -0.4 is 11.1 Å². The predicted octanol–water partition coefficient (Wildman–Crippen LogP) is 1.28. The van der Waals surface area contributed by atoms with Crippen LogP contribution in [-0.2, 0) is 4.79 Å². The molecule has 1 aromatic carbocycles. The van der Waals surface area contributed by atoms with Gasteiger partial charge >= 0.3 is 0 Å². The topological polar surface area (TPSA) is 55.1 Å². The molecule has 3 nitrogen and oxygen atoms in total. The summed E-state index contributed by atoms with van der Waals surface area (Å²) in [7, 11) is 0. The SMILES string of the molecule is Cc1cccc(NC(C)C(N)=O)c1. The van der Waals surface area contributed by atoms with Gasteiger partial charge in [0, 0.05) is 5.69 Å². The number of primary amides is 1. The maximum atomic E-state index is 10.7. The van der Waals surface area contributed by atoms with Crippen LogP contribution in [0.3, 0.4) is 0 Å². The first-order valence-electron chi connectivity index (χ1n) is 4.22. The number of amides is 1. The van der Waals surface area contributed by atoms with Gasteiger partial charge in [0.25, 0.3) is 0 Å². The van der Waals surface area contributed by atoms with Crippen molar-refractivity contribution in [1.29, 1.82) is 0 Å². The maximum absolute atomic E-state index is 10.7. The minimum atomic E-state index is -0.346. The van der Waals surface area contributed by atoms with Crippen molar-refractivity contribution in [2.45, 2.75) is 19.9 Å². The lowest BCUT2D eigenvalue weighted by molar-refractivity contribution is -0.118. The van der Waals surface area contributed by atoms with Crippen LogP contribution in [0.5, 0.6) is 0 Å². The summed E-state index contributed by atoms with van der Waals surface area (Å²) in [6.45, 7) is 3.74. The highest BCUT2D eigenvalue weighted by molar-refractivity contribution is 5.82. The fourth-order valence-electron chi connectivity index (χ4n) is 1.06. The number of benzene rings is 1. The lowest BCUT2D eigenvalue weighted by Gasteiger charge is -2.11. The molecule has 0 aliphatic heterocycles. The standard InChI is InChI=1S/C10H14N2O/c1-7-4-3-5-9(6-7)12-8(2)10(11)13/h3-6,8,12H,1-2H3,(H2,11,13). The highest BCUT2D eigenvalue weighted by Gasteiger charge is 2.06. The summed E-state index contributed by atoms with van der Waals surface area (Å²) in [6, 6.07) is 7.49. The molecule has 0 spiro atoms. The fraction of sp³-hybridized carbons (Fsp3) is 0.300. The van der Waals surface area contributed by atoms with E-state index in [2.05, 4.69) is 5.32 Å². The second kappa shape index (κ2) is 3.94. The number of aryl methyl sites for hydroxylation is 1. The summed E-state index contributed by atoms with van der Waals surface area (Å²) >= 11 is 0. The Balaban J connectivity index is 2.69. The van der Waals surface area contributed by atoms with Gasteiger partial charge < -0.3 is 11.1 Å². The summed E-state index contributed by atoms with van der Waals surface area (Å²) in [4.78, 5) is 10.7. The van der Waals surface area contributed by atoms with Crippen molar-refractivity contribution >= 4 is 11.6 Å². The van der Waals surface area contributed by atoms with Gasteiger partial charge in [0.15, 0.2) is 0 Å². The van der Waals surface area contributed by atoms with Crippen LogP contribution >= 0.6 is 0 Å². The molecule has 0 aromatic heterocycles. The molecule has 13 heavy (non-hydrogen) atoms. The van der Waals surface area contributed by atoms with E-state index in [4.69, 9.17) is 5.73 Å². The molecule has 1 amide bonds. The van der Waals surface area contributed by atoms with Gasteiger partial charge in [-0.3, -0.25) is 4.79 Å². The molecule has 0 radical (unpaired) electrons. The highest BCUT2D eigenvalue weighted by Crippen LogP contribution is 2.10.